The predicted octanol–water partition coefficient (Wildman–Crippen LogP) is 4.38. The van der Waals surface area contributed by atoms with Crippen molar-refractivity contribution in [3.63, 3.8) is 0 Å². The van der Waals surface area contributed by atoms with Crippen LogP contribution in [-0.2, 0) is 0 Å². The van der Waals surface area contributed by atoms with E-state index < -0.39 is 0 Å². The minimum atomic E-state index is 0.218. The molecule has 154 valence electrons. The molecule has 4 heterocycles. The molecule has 0 aliphatic carbocycles. The van der Waals surface area contributed by atoms with Crippen LogP contribution in [0.1, 0.15) is 12.8 Å². The van der Waals surface area contributed by atoms with Crippen molar-refractivity contribution in [2.45, 2.75) is 18.9 Å². The average Bonchev–Trinajstić information content (AvgIpc) is 3.35. The fourth-order valence-corrected chi connectivity index (χ4v) is 5.21. The normalized spacial score (nSPS) is 17.4. The summed E-state index contributed by atoms with van der Waals surface area (Å²) in [5, 5.41) is 15.5. The molecule has 5 rings (SSSR count). The Bertz CT molecular complexity index is 1170. The van der Waals surface area contributed by atoms with Crippen LogP contribution in [0.4, 0.5) is 5.95 Å². The highest BCUT2D eigenvalue weighted by molar-refractivity contribution is 7.96. The highest BCUT2D eigenvalue weighted by Crippen LogP contribution is 2.34. The van der Waals surface area contributed by atoms with Gasteiger partial charge in [-0.1, -0.05) is 24.1 Å². The zero-order valence-electron chi connectivity index (χ0n) is 16.5. The van der Waals surface area contributed by atoms with Gasteiger partial charge in [-0.15, -0.1) is 11.3 Å². The molecule has 1 aromatic carbocycles. The fraction of sp³-hybridized carbons (Fsp3) is 0.286. The molecular weight excluding hydrogens is 416 g/mol. The molecule has 0 bridgehead atoms. The first-order chi connectivity index (χ1) is 14.7. The molecule has 9 heteroatoms. The number of aromatic nitrogens is 4. The number of aromatic hydroxyl groups is 1. The van der Waals surface area contributed by atoms with E-state index in [1.807, 2.05) is 34.2 Å². The maximum atomic E-state index is 9.96. The summed E-state index contributed by atoms with van der Waals surface area (Å²) in [5.74, 6) is 0.850. The third kappa shape index (κ3) is 3.76. The van der Waals surface area contributed by atoms with Crippen LogP contribution in [0.2, 0.25) is 0 Å². The van der Waals surface area contributed by atoms with E-state index in [2.05, 4.69) is 20.9 Å². The Balaban J connectivity index is 1.52. The number of imidazole rings is 1. The van der Waals surface area contributed by atoms with Crippen LogP contribution in [0.25, 0.3) is 27.6 Å². The summed E-state index contributed by atoms with van der Waals surface area (Å²) in [5.41, 5.74) is 3.36. The molecule has 0 radical (unpaired) electrons. The van der Waals surface area contributed by atoms with Crippen molar-refractivity contribution in [1.29, 1.82) is 0 Å². The number of thiazole rings is 1. The van der Waals surface area contributed by atoms with Crippen LogP contribution in [0.3, 0.4) is 0 Å². The number of nitrogens with one attached hydrogen (secondary N) is 1. The Morgan fingerprint density at radius 1 is 1.27 bits per heavy atom. The highest BCUT2D eigenvalue weighted by atomic mass is 32.2. The quantitative estimate of drug-likeness (QED) is 0.448. The number of nitrogens with zero attached hydrogens (tertiary/aromatic N) is 5. The molecule has 0 unspecified atom stereocenters. The molecule has 0 saturated carbocycles. The second-order valence-corrected chi connectivity index (χ2v) is 8.99. The van der Waals surface area contributed by atoms with Gasteiger partial charge in [-0.3, -0.25) is 4.40 Å². The summed E-state index contributed by atoms with van der Waals surface area (Å²) in [6.07, 6.45) is 8.19. The lowest BCUT2D eigenvalue weighted by Gasteiger charge is -2.31. The van der Waals surface area contributed by atoms with Gasteiger partial charge in [0.15, 0.2) is 4.96 Å². The van der Waals surface area contributed by atoms with Crippen molar-refractivity contribution < 1.29 is 5.11 Å². The summed E-state index contributed by atoms with van der Waals surface area (Å²) >= 11 is 3.36. The first-order valence-corrected chi connectivity index (χ1v) is 11.9. The van der Waals surface area contributed by atoms with Gasteiger partial charge in [0.05, 0.1) is 11.4 Å². The van der Waals surface area contributed by atoms with Gasteiger partial charge in [-0.2, -0.15) is 0 Å². The second-order valence-electron chi connectivity index (χ2n) is 7.23. The lowest BCUT2D eigenvalue weighted by Crippen LogP contribution is -2.38. The van der Waals surface area contributed by atoms with Gasteiger partial charge < -0.3 is 10.4 Å². The topological polar surface area (TPSA) is 78.6 Å². The van der Waals surface area contributed by atoms with Gasteiger partial charge in [0.25, 0.3) is 0 Å². The van der Waals surface area contributed by atoms with E-state index >= 15 is 0 Å². The minimum absolute atomic E-state index is 0.218. The summed E-state index contributed by atoms with van der Waals surface area (Å²) in [6.45, 7) is 2.10. The van der Waals surface area contributed by atoms with E-state index in [0.717, 1.165) is 53.5 Å². The molecule has 30 heavy (non-hydrogen) atoms. The average molecular weight is 439 g/mol. The molecule has 4 aromatic rings. The Morgan fingerprint density at radius 3 is 3.07 bits per heavy atom. The molecule has 1 aliphatic rings. The summed E-state index contributed by atoms with van der Waals surface area (Å²) in [7, 11) is 0. The van der Waals surface area contributed by atoms with Gasteiger partial charge in [-0.25, -0.2) is 19.3 Å². The Labute approximate surface area is 183 Å². The molecule has 1 aliphatic heterocycles. The van der Waals surface area contributed by atoms with Crippen LogP contribution < -0.4 is 5.32 Å². The van der Waals surface area contributed by atoms with E-state index in [9.17, 15) is 5.11 Å². The molecule has 0 spiro atoms. The third-order valence-electron chi connectivity index (χ3n) is 5.26. The van der Waals surface area contributed by atoms with Crippen molar-refractivity contribution in [2.75, 3.05) is 24.7 Å². The largest absolute Gasteiger partial charge is 0.508 e. The molecule has 1 fully saturated rings. The van der Waals surface area contributed by atoms with Crippen molar-refractivity contribution in [3.8, 4) is 28.4 Å². The zero-order chi connectivity index (χ0) is 20.5. The number of anilines is 1. The SMILES string of the molecule is CSN1CCC[C@@H](Nc2nccc(-c3c(-c4cccc(O)c4)nc4sccn34)n2)C1. The minimum Gasteiger partial charge on any atom is -0.508 e. The Hall–Kier alpha value is -2.62. The number of hydrogen-bond acceptors (Lipinski definition) is 8. The molecule has 7 nitrogen and oxygen atoms in total. The number of hydrogen-bond donors (Lipinski definition) is 2. The molecule has 1 atom stereocenters. The third-order valence-corrected chi connectivity index (χ3v) is 6.86. The van der Waals surface area contributed by atoms with Crippen molar-refractivity contribution >= 4 is 34.2 Å². The van der Waals surface area contributed by atoms with Crippen LogP contribution in [0.5, 0.6) is 5.75 Å². The van der Waals surface area contributed by atoms with Crippen LogP contribution in [0.15, 0.2) is 48.1 Å². The zero-order valence-corrected chi connectivity index (χ0v) is 18.2. The van der Waals surface area contributed by atoms with Crippen LogP contribution >= 0.6 is 23.3 Å². The monoisotopic (exact) mass is 438 g/mol. The molecule has 3 aromatic heterocycles. The number of piperidine rings is 1. The Kier molecular flexibility index (Phi) is 5.32. The van der Waals surface area contributed by atoms with E-state index in [-0.39, 0.29) is 5.75 Å². The molecule has 1 saturated heterocycles. The fourth-order valence-electron chi connectivity index (χ4n) is 3.85. The number of phenols is 1. The summed E-state index contributed by atoms with van der Waals surface area (Å²) in [4.78, 5) is 15.0. The maximum absolute atomic E-state index is 9.96. The van der Waals surface area contributed by atoms with E-state index in [1.165, 1.54) is 0 Å². The van der Waals surface area contributed by atoms with Crippen molar-refractivity contribution in [1.82, 2.24) is 23.7 Å². The van der Waals surface area contributed by atoms with Crippen molar-refractivity contribution in [2.24, 2.45) is 0 Å². The predicted molar refractivity (Wildman–Crippen MR) is 123 cm³/mol. The first kappa shape index (κ1) is 19.3. The Morgan fingerprint density at radius 2 is 2.20 bits per heavy atom. The number of benzene rings is 1. The smallest absolute Gasteiger partial charge is 0.223 e. The van der Waals surface area contributed by atoms with E-state index in [0.29, 0.717) is 12.0 Å². The van der Waals surface area contributed by atoms with Gasteiger partial charge in [0, 0.05) is 42.5 Å². The molecule has 0 amide bonds. The number of fused-ring (bicyclic) bond motifs is 1. The van der Waals surface area contributed by atoms with Crippen LogP contribution in [-0.4, -0.2) is 54.2 Å². The number of phenolic OH excluding ortho intramolecular Hbond substituents is 1. The summed E-state index contributed by atoms with van der Waals surface area (Å²) < 4.78 is 4.42. The summed E-state index contributed by atoms with van der Waals surface area (Å²) in [6, 6.07) is 9.42. The van der Waals surface area contributed by atoms with Gasteiger partial charge in [-0.05, 0) is 37.3 Å². The lowest BCUT2D eigenvalue weighted by molar-refractivity contribution is 0.356. The van der Waals surface area contributed by atoms with Gasteiger partial charge >= 0.3 is 0 Å². The van der Waals surface area contributed by atoms with Gasteiger partial charge in [0.2, 0.25) is 5.95 Å². The van der Waals surface area contributed by atoms with E-state index in [4.69, 9.17) is 9.97 Å². The second kappa shape index (κ2) is 8.25. The lowest BCUT2D eigenvalue weighted by atomic mass is 10.1. The number of rotatable bonds is 5. The van der Waals surface area contributed by atoms with Gasteiger partial charge in [0.1, 0.15) is 11.4 Å². The molecular formula is C21H22N6OS2. The van der Waals surface area contributed by atoms with Crippen molar-refractivity contribution in [3.05, 3.63) is 48.1 Å². The first-order valence-electron chi connectivity index (χ1n) is 9.85. The highest BCUT2D eigenvalue weighted by Gasteiger charge is 2.22. The standard InChI is InChI=1S/C21H22N6OS2/c1-29-26-9-3-5-15(13-26)23-20-22-8-7-17(24-20)19-18(14-4-2-6-16(28)12-14)25-21-27(19)10-11-30-21/h2,4,6-8,10-12,15,28H,3,5,9,13H2,1H3,(H,22,23,24)/t15-/m1/s1. The maximum Gasteiger partial charge on any atom is 0.223 e. The van der Waals surface area contributed by atoms with Crippen LogP contribution in [0, 0.1) is 0 Å². The molecule has 2 N–H and O–H groups in total. The van der Waals surface area contributed by atoms with E-state index in [1.54, 1.807) is 41.6 Å².